The highest BCUT2D eigenvalue weighted by atomic mass is 16.3. The molecule has 0 fully saturated rings. The van der Waals surface area contributed by atoms with E-state index in [-0.39, 0.29) is 25.2 Å². The molecule has 4 nitrogen and oxygen atoms in total. The van der Waals surface area contributed by atoms with Gasteiger partial charge in [-0.15, -0.1) is 0 Å². The highest BCUT2D eigenvalue weighted by Gasteiger charge is 2.11. The number of aliphatic hydroxyl groups is 2. The van der Waals surface area contributed by atoms with Gasteiger partial charge in [-0.3, -0.25) is 4.79 Å². The molecule has 16 heavy (non-hydrogen) atoms. The molecule has 0 aromatic heterocycles. The fourth-order valence-electron chi connectivity index (χ4n) is 1.41. The number of amides is 1. The van der Waals surface area contributed by atoms with Crippen molar-refractivity contribution in [1.29, 1.82) is 0 Å². The Bertz CT molecular complexity index is 313. The van der Waals surface area contributed by atoms with Gasteiger partial charge in [-0.2, -0.15) is 0 Å². The van der Waals surface area contributed by atoms with E-state index in [2.05, 4.69) is 5.32 Å². The van der Waals surface area contributed by atoms with Gasteiger partial charge in [0, 0.05) is 12.2 Å². The summed E-state index contributed by atoms with van der Waals surface area (Å²) in [5.74, 6) is -0.197. The molecule has 88 valence electrons. The fraction of sp³-hybridized carbons (Fsp3) is 0.417. The highest BCUT2D eigenvalue weighted by Crippen LogP contribution is 2.01. The minimum atomic E-state index is -0.292. The molecule has 1 aromatic rings. The molecule has 0 saturated heterocycles. The summed E-state index contributed by atoms with van der Waals surface area (Å²) < 4.78 is 0. The van der Waals surface area contributed by atoms with Crippen molar-refractivity contribution in [2.45, 2.75) is 18.9 Å². The lowest BCUT2D eigenvalue weighted by Gasteiger charge is -2.15. The first-order chi connectivity index (χ1) is 7.77. The maximum absolute atomic E-state index is 11.7. The molecule has 0 bridgehead atoms. The Labute approximate surface area is 94.9 Å². The first-order valence-electron chi connectivity index (χ1n) is 5.35. The van der Waals surface area contributed by atoms with E-state index < -0.39 is 0 Å². The van der Waals surface area contributed by atoms with Crippen LogP contribution in [-0.4, -0.2) is 35.4 Å². The Morgan fingerprint density at radius 2 is 1.94 bits per heavy atom. The summed E-state index contributed by atoms with van der Waals surface area (Å²) in [6, 6.07) is 8.56. The molecule has 1 amide bonds. The summed E-state index contributed by atoms with van der Waals surface area (Å²) in [7, 11) is 0. The minimum absolute atomic E-state index is 0.0672. The van der Waals surface area contributed by atoms with Crippen LogP contribution >= 0.6 is 0 Å². The monoisotopic (exact) mass is 223 g/mol. The molecule has 1 aromatic carbocycles. The zero-order chi connectivity index (χ0) is 11.8. The van der Waals surface area contributed by atoms with Crippen molar-refractivity contribution in [2.24, 2.45) is 0 Å². The van der Waals surface area contributed by atoms with Gasteiger partial charge >= 0.3 is 0 Å². The van der Waals surface area contributed by atoms with Crippen LogP contribution in [0.3, 0.4) is 0 Å². The van der Waals surface area contributed by atoms with E-state index in [4.69, 9.17) is 10.2 Å². The maximum Gasteiger partial charge on any atom is 0.251 e. The van der Waals surface area contributed by atoms with E-state index in [0.29, 0.717) is 18.4 Å². The first kappa shape index (κ1) is 12.7. The molecule has 1 atom stereocenters. The van der Waals surface area contributed by atoms with Crippen molar-refractivity contribution >= 4 is 5.91 Å². The Morgan fingerprint density at radius 1 is 1.25 bits per heavy atom. The van der Waals surface area contributed by atoms with Gasteiger partial charge in [-0.1, -0.05) is 18.2 Å². The summed E-state index contributed by atoms with van der Waals surface area (Å²) >= 11 is 0. The molecule has 0 spiro atoms. The van der Waals surface area contributed by atoms with Crippen molar-refractivity contribution in [3.8, 4) is 0 Å². The highest BCUT2D eigenvalue weighted by molar-refractivity contribution is 5.94. The number of aliphatic hydroxyl groups excluding tert-OH is 2. The Morgan fingerprint density at radius 3 is 2.50 bits per heavy atom. The van der Waals surface area contributed by atoms with Crippen molar-refractivity contribution in [1.82, 2.24) is 5.32 Å². The van der Waals surface area contributed by atoms with Crippen LogP contribution in [0.25, 0.3) is 0 Å². The molecular formula is C12H17NO3. The molecule has 4 heteroatoms. The second-order valence-electron chi connectivity index (χ2n) is 3.58. The normalized spacial score (nSPS) is 12.1. The van der Waals surface area contributed by atoms with E-state index in [0.717, 1.165) is 0 Å². The van der Waals surface area contributed by atoms with Crippen molar-refractivity contribution in [3.05, 3.63) is 35.9 Å². The van der Waals surface area contributed by atoms with Crippen LogP contribution in [0.5, 0.6) is 0 Å². The van der Waals surface area contributed by atoms with Gasteiger partial charge in [-0.25, -0.2) is 0 Å². The molecule has 0 aliphatic rings. The standard InChI is InChI=1S/C12H17NO3/c14-8-4-7-11(9-15)13-12(16)10-5-2-1-3-6-10/h1-3,5-6,11,14-15H,4,7-9H2,(H,13,16)/t11-/m0/s1. The maximum atomic E-state index is 11.7. The van der Waals surface area contributed by atoms with Gasteiger partial charge in [0.2, 0.25) is 0 Å². The molecule has 0 unspecified atom stereocenters. The summed E-state index contributed by atoms with van der Waals surface area (Å²) in [5.41, 5.74) is 0.574. The Kier molecular flexibility index (Phi) is 5.53. The van der Waals surface area contributed by atoms with Crippen LogP contribution < -0.4 is 5.32 Å². The van der Waals surface area contributed by atoms with E-state index >= 15 is 0 Å². The van der Waals surface area contributed by atoms with Crippen LogP contribution in [0.4, 0.5) is 0 Å². The van der Waals surface area contributed by atoms with Gasteiger partial charge in [0.05, 0.1) is 12.6 Å². The van der Waals surface area contributed by atoms with Crippen molar-refractivity contribution in [3.63, 3.8) is 0 Å². The molecule has 0 aliphatic heterocycles. The van der Waals surface area contributed by atoms with Gasteiger partial charge in [0.15, 0.2) is 0 Å². The zero-order valence-electron chi connectivity index (χ0n) is 9.10. The van der Waals surface area contributed by atoms with E-state index in [1.54, 1.807) is 24.3 Å². The van der Waals surface area contributed by atoms with Crippen molar-refractivity contribution < 1.29 is 15.0 Å². The minimum Gasteiger partial charge on any atom is -0.396 e. The molecule has 0 saturated carbocycles. The summed E-state index contributed by atoms with van der Waals surface area (Å²) in [6.45, 7) is -0.0454. The lowest BCUT2D eigenvalue weighted by atomic mass is 10.1. The average molecular weight is 223 g/mol. The third-order valence-corrected chi connectivity index (χ3v) is 2.30. The number of nitrogens with one attached hydrogen (secondary N) is 1. The number of carbonyl (C=O) groups is 1. The predicted molar refractivity (Wildman–Crippen MR) is 61.1 cm³/mol. The summed E-state index contributed by atoms with van der Waals surface area (Å²) in [6.07, 6.45) is 1.14. The second-order valence-corrected chi connectivity index (χ2v) is 3.58. The molecule has 1 rings (SSSR count). The first-order valence-corrected chi connectivity index (χ1v) is 5.35. The lowest BCUT2D eigenvalue weighted by Crippen LogP contribution is -2.37. The summed E-state index contributed by atoms with van der Waals surface area (Å²) in [4.78, 5) is 11.7. The third kappa shape index (κ3) is 4.00. The number of rotatable bonds is 6. The van der Waals surface area contributed by atoms with Crippen LogP contribution in [-0.2, 0) is 0 Å². The number of carbonyl (C=O) groups excluding carboxylic acids is 1. The van der Waals surface area contributed by atoms with Gasteiger partial charge in [-0.05, 0) is 25.0 Å². The van der Waals surface area contributed by atoms with Crippen LogP contribution in [0.1, 0.15) is 23.2 Å². The quantitative estimate of drug-likeness (QED) is 0.659. The molecule has 0 radical (unpaired) electrons. The Balaban J connectivity index is 2.49. The largest absolute Gasteiger partial charge is 0.396 e. The number of benzene rings is 1. The van der Waals surface area contributed by atoms with E-state index in [1.807, 2.05) is 6.07 Å². The van der Waals surface area contributed by atoms with Gasteiger partial charge < -0.3 is 15.5 Å². The Hall–Kier alpha value is -1.39. The van der Waals surface area contributed by atoms with Gasteiger partial charge in [0.25, 0.3) is 5.91 Å². The topological polar surface area (TPSA) is 69.6 Å². The smallest absolute Gasteiger partial charge is 0.251 e. The lowest BCUT2D eigenvalue weighted by molar-refractivity contribution is 0.0909. The zero-order valence-corrected chi connectivity index (χ0v) is 9.10. The SMILES string of the molecule is O=C(N[C@H](CO)CCCO)c1ccccc1. The van der Waals surface area contributed by atoms with E-state index in [1.165, 1.54) is 0 Å². The fourth-order valence-corrected chi connectivity index (χ4v) is 1.41. The number of hydrogen-bond donors (Lipinski definition) is 3. The van der Waals surface area contributed by atoms with Crippen molar-refractivity contribution in [2.75, 3.05) is 13.2 Å². The van der Waals surface area contributed by atoms with Crippen LogP contribution in [0.2, 0.25) is 0 Å². The van der Waals surface area contributed by atoms with Gasteiger partial charge in [0.1, 0.15) is 0 Å². The summed E-state index contributed by atoms with van der Waals surface area (Å²) in [5, 5.41) is 20.4. The molecular weight excluding hydrogens is 206 g/mol. The number of hydrogen-bond acceptors (Lipinski definition) is 3. The molecule has 0 heterocycles. The molecule has 3 N–H and O–H groups in total. The van der Waals surface area contributed by atoms with Crippen LogP contribution in [0, 0.1) is 0 Å². The molecule has 0 aliphatic carbocycles. The second kappa shape index (κ2) is 6.98. The third-order valence-electron chi connectivity index (χ3n) is 2.30. The van der Waals surface area contributed by atoms with E-state index in [9.17, 15) is 4.79 Å². The predicted octanol–water partition coefficient (Wildman–Crippen LogP) is 0.550. The average Bonchev–Trinajstić information content (AvgIpc) is 2.35. The van der Waals surface area contributed by atoms with Crippen LogP contribution in [0.15, 0.2) is 30.3 Å².